The Kier molecular flexibility index (Phi) is 3.58. The molecule has 0 saturated carbocycles. The first-order valence-electron chi connectivity index (χ1n) is 6.85. The molecule has 2 aromatic carbocycles. The zero-order valence-electron chi connectivity index (χ0n) is 11.7. The van der Waals surface area contributed by atoms with Gasteiger partial charge in [0.05, 0.1) is 0 Å². The minimum atomic E-state index is -0.736. The standard InChI is InChI=1S/C18H14N2O2/c19-17(21)16-14(12-7-3-1-4-8-12)11-15(20-18(16)22)13-9-5-2-6-10-13/h1-11H,(H2,19,21)(H,20,22). The first kappa shape index (κ1) is 13.8. The average molecular weight is 290 g/mol. The smallest absolute Gasteiger partial charge is 0.261 e. The molecule has 4 nitrogen and oxygen atoms in total. The molecule has 1 amide bonds. The Morgan fingerprint density at radius 2 is 1.41 bits per heavy atom. The van der Waals surface area contributed by atoms with Crippen molar-refractivity contribution in [2.45, 2.75) is 0 Å². The average Bonchev–Trinajstić information content (AvgIpc) is 2.55. The van der Waals surface area contributed by atoms with Crippen LogP contribution >= 0.6 is 0 Å². The van der Waals surface area contributed by atoms with Gasteiger partial charge < -0.3 is 10.7 Å². The SMILES string of the molecule is NC(=O)c1c(-c2ccccc2)cc(-c2ccccc2)[nH]c1=O. The van der Waals surface area contributed by atoms with Crippen LogP contribution in [0.25, 0.3) is 22.4 Å². The third kappa shape index (κ3) is 2.54. The van der Waals surface area contributed by atoms with Gasteiger partial charge in [-0.1, -0.05) is 60.7 Å². The Bertz CT molecular complexity index is 869. The Labute approximate surface area is 127 Å². The van der Waals surface area contributed by atoms with Gasteiger partial charge in [0.25, 0.3) is 11.5 Å². The molecule has 0 unspecified atom stereocenters. The van der Waals surface area contributed by atoms with E-state index in [0.717, 1.165) is 11.1 Å². The first-order chi connectivity index (χ1) is 10.7. The number of aromatic amines is 1. The van der Waals surface area contributed by atoms with Gasteiger partial charge in [-0.2, -0.15) is 0 Å². The lowest BCUT2D eigenvalue weighted by Gasteiger charge is -2.10. The molecule has 22 heavy (non-hydrogen) atoms. The van der Waals surface area contributed by atoms with Gasteiger partial charge >= 0.3 is 0 Å². The normalized spacial score (nSPS) is 10.4. The fourth-order valence-corrected chi connectivity index (χ4v) is 2.42. The van der Waals surface area contributed by atoms with Crippen LogP contribution in [0, 0.1) is 0 Å². The Balaban J connectivity index is 2.29. The summed E-state index contributed by atoms with van der Waals surface area (Å²) in [4.78, 5) is 26.7. The van der Waals surface area contributed by atoms with E-state index in [-0.39, 0.29) is 5.56 Å². The molecule has 3 aromatic rings. The van der Waals surface area contributed by atoms with Crippen molar-refractivity contribution in [1.29, 1.82) is 0 Å². The van der Waals surface area contributed by atoms with Crippen molar-refractivity contribution in [3.8, 4) is 22.4 Å². The van der Waals surface area contributed by atoms with E-state index in [0.29, 0.717) is 11.3 Å². The molecular weight excluding hydrogens is 276 g/mol. The van der Waals surface area contributed by atoms with Crippen LogP contribution in [-0.2, 0) is 0 Å². The second-order valence-corrected chi connectivity index (χ2v) is 4.90. The Hall–Kier alpha value is -3.14. The molecule has 108 valence electrons. The maximum Gasteiger partial charge on any atom is 0.261 e. The van der Waals surface area contributed by atoms with E-state index in [4.69, 9.17) is 5.73 Å². The van der Waals surface area contributed by atoms with E-state index in [1.807, 2.05) is 60.7 Å². The molecule has 3 rings (SSSR count). The number of hydrogen-bond acceptors (Lipinski definition) is 2. The van der Waals surface area contributed by atoms with E-state index in [2.05, 4.69) is 4.98 Å². The highest BCUT2D eigenvalue weighted by molar-refractivity contribution is 6.00. The number of rotatable bonds is 3. The van der Waals surface area contributed by atoms with Gasteiger partial charge in [-0.05, 0) is 17.2 Å². The van der Waals surface area contributed by atoms with Crippen LogP contribution in [0.3, 0.4) is 0 Å². The largest absolute Gasteiger partial charge is 0.365 e. The number of carbonyl (C=O) groups is 1. The first-order valence-corrected chi connectivity index (χ1v) is 6.85. The quantitative estimate of drug-likeness (QED) is 0.778. The molecule has 0 aliphatic rings. The number of benzene rings is 2. The van der Waals surface area contributed by atoms with Crippen LogP contribution in [0.1, 0.15) is 10.4 Å². The van der Waals surface area contributed by atoms with Crippen LogP contribution < -0.4 is 11.3 Å². The summed E-state index contributed by atoms with van der Waals surface area (Å²) >= 11 is 0. The fourth-order valence-electron chi connectivity index (χ4n) is 2.42. The van der Waals surface area contributed by atoms with Gasteiger partial charge in [-0.15, -0.1) is 0 Å². The summed E-state index contributed by atoms with van der Waals surface area (Å²) in [5, 5.41) is 0. The van der Waals surface area contributed by atoms with Crippen molar-refractivity contribution in [2.24, 2.45) is 5.73 Å². The maximum absolute atomic E-state index is 12.3. The molecule has 0 aliphatic heterocycles. The van der Waals surface area contributed by atoms with Gasteiger partial charge in [0.15, 0.2) is 0 Å². The molecule has 1 heterocycles. The third-order valence-electron chi connectivity index (χ3n) is 3.45. The molecule has 0 spiro atoms. The second-order valence-electron chi connectivity index (χ2n) is 4.90. The molecule has 0 fully saturated rings. The number of primary amides is 1. The molecule has 0 aliphatic carbocycles. The highest BCUT2D eigenvalue weighted by Gasteiger charge is 2.16. The summed E-state index contributed by atoms with van der Waals surface area (Å²) in [5.41, 5.74) is 7.71. The van der Waals surface area contributed by atoms with Crippen molar-refractivity contribution >= 4 is 5.91 Å². The van der Waals surface area contributed by atoms with Crippen LogP contribution in [0.2, 0.25) is 0 Å². The number of H-pyrrole nitrogens is 1. The lowest BCUT2D eigenvalue weighted by molar-refractivity contribution is 0.0999. The molecule has 3 N–H and O–H groups in total. The number of hydrogen-bond donors (Lipinski definition) is 2. The number of carbonyl (C=O) groups excluding carboxylic acids is 1. The number of amides is 1. The Morgan fingerprint density at radius 3 is 1.95 bits per heavy atom. The lowest BCUT2D eigenvalue weighted by Crippen LogP contribution is -2.25. The summed E-state index contributed by atoms with van der Waals surface area (Å²) in [7, 11) is 0. The molecule has 1 aromatic heterocycles. The van der Waals surface area contributed by atoms with Crippen molar-refractivity contribution < 1.29 is 4.79 Å². The van der Waals surface area contributed by atoms with Crippen molar-refractivity contribution in [3.05, 3.63) is 82.6 Å². The van der Waals surface area contributed by atoms with Gasteiger partial charge in [0.1, 0.15) is 5.56 Å². The highest BCUT2D eigenvalue weighted by Crippen LogP contribution is 2.25. The monoisotopic (exact) mass is 290 g/mol. The van der Waals surface area contributed by atoms with Crippen LogP contribution in [0.5, 0.6) is 0 Å². The third-order valence-corrected chi connectivity index (χ3v) is 3.45. The number of pyridine rings is 1. The van der Waals surface area contributed by atoms with Gasteiger partial charge in [0.2, 0.25) is 0 Å². The number of nitrogens with two attached hydrogens (primary N) is 1. The minimum absolute atomic E-state index is 0.0223. The predicted molar refractivity (Wildman–Crippen MR) is 86.5 cm³/mol. The number of aromatic nitrogens is 1. The Morgan fingerprint density at radius 1 is 0.864 bits per heavy atom. The summed E-state index contributed by atoms with van der Waals surface area (Å²) in [5.74, 6) is -0.736. The van der Waals surface area contributed by atoms with Gasteiger partial charge in [-0.3, -0.25) is 9.59 Å². The van der Waals surface area contributed by atoms with Crippen LogP contribution in [0.4, 0.5) is 0 Å². The van der Waals surface area contributed by atoms with Crippen molar-refractivity contribution in [1.82, 2.24) is 4.98 Å². The van der Waals surface area contributed by atoms with E-state index in [1.165, 1.54) is 0 Å². The van der Waals surface area contributed by atoms with E-state index in [9.17, 15) is 9.59 Å². The molecule has 0 bridgehead atoms. The lowest BCUT2D eigenvalue weighted by atomic mass is 9.98. The van der Waals surface area contributed by atoms with Crippen LogP contribution in [-0.4, -0.2) is 10.9 Å². The van der Waals surface area contributed by atoms with Crippen molar-refractivity contribution in [3.63, 3.8) is 0 Å². The molecule has 4 heteroatoms. The molecule has 0 atom stereocenters. The molecule has 0 saturated heterocycles. The summed E-state index contributed by atoms with van der Waals surface area (Å²) in [6, 6.07) is 20.5. The zero-order chi connectivity index (χ0) is 15.5. The summed E-state index contributed by atoms with van der Waals surface area (Å²) in [6.07, 6.45) is 0. The predicted octanol–water partition coefficient (Wildman–Crippen LogP) is 2.81. The zero-order valence-corrected chi connectivity index (χ0v) is 11.7. The topological polar surface area (TPSA) is 76.0 Å². The summed E-state index contributed by atoms with van der Waals surface area (Å²) < 4.78 is 0. The van der Waals surface area contributed by atoms with E-state index >= 15 is 0 Å². The molecular formula is C18H14N2O2. The van der Waals surface area contributed by atoms with Crippen LogP contribution in [0.15, 0.2) is 71.5 Å². The fraction of sp³-hybridized carbons (Fsp3) is 0. The van der Waals surface area contributed by atoms with Gasteiger partial charge in [-0.25, -0.2) is 0 Å². The molecule has 0 radical (unpaired) electrons. The van der Waals surface area contributed by atoms with Gasteiger partial charge in [0, 0.05) is 11.3 Å². The summed E-state index contributed by atoms with van der Waals surface area (Å²) in [6.45, 7) is 0. The van der Waals surface area contributed by atoms with Crippen molar-refractivity contribution in [2.75, 3.05) is 0 Å². The van der Waals surface area contributed by atoms with E-state index < -0.39 is 11.5 Å². The second kappa shape index (κ2) is 5.69. The maximum atomic E-state index is 12.3. The van der Waals surface area contributed by atoms with E-state index in [1.54, 1.807) is 6.07 Å². The minimum Gasteiger partial charge on any atom is -0.365 e. The highest BCUT2D eigenvalue weighted by atomic mass is 16.2. The number of nitrogens with one attached hydrogen (secondary N) is 1.